The molecule has 0 radical (unpaired) electrons. The van der Waals surface area contributed by atoms with Gasteiger partial charge in [-0.3, -0.25) is 0 Å². The van der Waals surface area contributed by atoms with Crippen LogP contribution in [-0.4, -0.2) is 12.6 Å². The molecule has 1 nitrogen and oxygen atoms in total. The molecule has 0 spiro atoms. The Labute approximate surface area is 108 Å². The first-order valence-corrected chi connectivity index (χ1v) is 6.23. The number of benzene rings is 1. The molecule has 0 aliphatic rings. The molecular weight excluding hydrogens is 232 g/mol. The van der Waals surface area contributed by atoms with Crippen molar-refractivity contribution in [2.45, 2.75) is 39.2 Å². The molecule has 0 aliphatic heterocycles. The molecule has 1 unspecified atom stereocenters. The van der Waals surface area contributed by atoms with Crippen molar-refractivity contribution >= 4 is 0 Å². The van der Waals surface area contributed by atoms with E-state index in [9.17, 15) is 8.78 Å². The van der Waals surface area contributed by atoms with Gasteiger partial charge in [-0.1, -0.05) is 6.92 Å². The Morgan fingerprint density at radius 3 is 2.44 bits per heavy atom. The Bertz CT molecular complexity index is 412. The zero-order valence-electron chi connectivity index (χ0n) is 10.9. The second-order valence-electron chi connectivity index (χ2n) is 4.20. The van der Waals surface area contributed by atoms with Crippen molar-refractivity contribution in [3.05, 3.63) is 35.4 Å². The molecule has 1 rings (SSSR count). The van der Waals surface area contributed by atoms with Crippen LogP contribution in [0.5, 0.6) is 0 Å². The summed E-state index contributed by atoms with van der Waals surface area (Å²) in [6.07, 6.45) is 2.30. The van der Waals surface area contributed by atoms with Crippen molar-refractivity contribution in [1.29, 1.82) is 0 Å². The van der Waals surface area contributed by atoms with Crippen molar-refractivity contribution in [3.63, 3.8) is 0 Å². The monoisotopic (exact) mass is 251 g/mol. The van der Waals surface area contributed by atoms with Gasteiger partial charge in [-0.05, 0) is 44.0 Å². The quantitative estimate of drug-likeness (QED) is 0.765. The Morgan fingerprint density at radius 1 is 1.22 bits per heavy atom. The molecule has 0 aliphatic carbocycles. The minimum Gasteiger partial charge on any atom is -0.314 e. The second kappa shape index (κ2) is 7.84. The Balaban J connectivity index is 2.65. The third-order valence-electron chi connectivity index (χ3n) is 2.69. The fourth-order valence-electron chi connectivity index (χ4n) is 1.95. The lowest BCUT2D eigenvalue weighted by atomic mass is 10.0. The molecule has 0 saturated heterocycles. The van der Waals surface area contributed by atoms with Gasteiger partial charge in [0.05, 0.1) is 0 Å². The molecule has 1 N–H and O–H groups in total. The van der Waals surface area contributed by atoms with Crippen LogP contribution < -0.4 is 5.32 Å². The van der Waals surface area contributed by atoms with Crippen LogP contribution in [0, 0.1) is 23.5 Å². The van der Waals surface area contributed by atoms with E-state index in [4.69, 9.17) is 0 Å². The van der Waals surface area contributed by atoms with Crippen molar-refractivity contribution in [2.75, 3.05) is 6.54 Å². The second-order valence-corrected chi connectivity index (χ2v) is 4.20. The minimum atomic E-state index is -0.520. The molecule has 0 amide bonds. The van der Waals surface area contributed by atoms with E-state index in [1.165, 1.54) is 12.1 Å². The summed E-state index contributed by atoms with van der Waals surface area (Å²) in [7, 11) is 0. The molecule has 18 heavy (non-hydrogen) atoms. The van der Waals surface area contributed by atoms with Gasteiger partial charge in [-0.25, -0.2) is 8.78 Å². The number of hydrogen-bond acceptors (Lipinski definition) is 1. The highest BCUT2D eigenvalue weighted by Gasteiger charge is 2.09. The summed E-state index contributed by atoms with van der Waals surface area (Å²) in [5, 5.41) is 3.32. The van der Waals surface area contributed by atoms with Crippen LogP contribution in [0.2, 0.25) is 0 Å². The maximum absolute atomic E-state index is 13.1. The van der Waals surface area contributed by atoms with E-state index in [-0.39, 0.29) is 6.04 Å². The lowest BCUT2D eigenvalue weighted by Gasteiger charge is -2.16. The summed E-state index contributed by atoms with van der Waals surface area (Å²) in [6, 6.07) is 3.88. The van der Waals surface area contributed by atoms with Crippen LogP contribution in [-0.2, 0) is 6.42 Å². The highest BCUT2D eigenvalue weighted by Crippen LogP contribution is 2.12. The number of likely N-dealkylation sites (N-methyl/N-ethyl adjacent to an activating group) is 1. The van der Waals surface area contributed by atoms with Crippen LogP contribution in [0.3, 0.4) is 0 Å². The molecule has 1 aromatic carbocycles. The molecule has 3 heteroatoms. The molecule has 98 valence electrons. The average molecular weight is 251 g/mol. The average Bonchev–Trinajstić information content (AvgIpc) is 2.28. The number of nitrogens with one attached hydrogen (secondary N) is 1. The van der Waals surface area contributed by atoms with Crippen molar-refractivity contribution in [1.82, 2.24) is 5.32 Å². The summed E-state index contributed by atoms with van der Waals surface area (Å²) >= 11 is 0. The van der Waals surface area contributed by atoms with Crippen LogP contribution >= 0.6 is 0 Å². The highest BCUT2D eigenvalue weighted by molar-refractivity contribution is 5.19. The van der Waals surface area contributed by atoms with Gasteiger partial charge in [0.2, 0.25) is 0 Å². The molecule has 1 aromatic rings. The predicted molar refractivity (Wildman–Crippen MR) is 70.2 cm³/mol. The van der Waals surface area contributed by atoms with Crippen LogP contribution in [0.4, 0.5) is 8.78 Å². The molecule has 0 heterocycles. The number of halogens is 2. The van der Waals surface area contributed by atoms with Crippen LogP contribution in [0.25, 0.3) is 0 Å². The molecular formula is C15H19F2N. The van der Waals surface area contributed by atoms with E-state index < -0.39 is 11.6 Å². The van der Waals surface area contributed by atoms with Gasteiger partial charge >= 0.3 is 0 Å². The van der Waals surface area contributed by atoms with Crippen molar-refractivity contribution in [2.24, 2.45) is 0 Å². The molecule has 0 aromatic heterocycles. The standard InChI is InChI=1S/C15H19F2N/c1-3-5-6-7-15(18-4-2)10-12-8-13(16)11-14(17)9-12/h8-9,11,15,18H,4,6-7,10H2,1-2H3. The van der Waals surface area contributed by atoms with E-state index in [1.807, 2.05) is 13.8 Å². The van der Waals surface area contributed by atoms with Gasteiger partial charge in [-0.15, -0.1) is 11.8 Å². The van der Waals surface area contributed by atoms with Crippen LogP contribution in [0.1, 0.15) is 32.3 Å². The Hall–Kier alpha value is -1.40. The fraction of sp³-hybridized carbons (Fsp3) is 0.467. The smallest absolute Gasteiger partial charge is 0.126 e. The maximum atomic E-state index is 13.1. The summed E-state index contributed by atoms with van der Waals surface area (Å²) in [5.74, 6) is 4.82. The summed E-state index contributed by atoms with van der Waals surface area (Å²) in [5.41, 5.74) is 0.683. The zero-order valence-corrected chi connectivity index (χ0v) is 10.9. The van der Waals surface area contributed by atoms with Crippen molar-refractivity contribution in [3.8, 4) is 11.8 Å². The van der Waals surface area contributed by atoms with E-state index in [1.54, 1.807) is 0 Å². The third kappa shape index (κ3) is 5.29. The molecule has 0 fully saturated rings. The fourth-order valence-corrected chi connectivity index (χ4v) is 1.95. The van der Waals surface area contributed by atoms with Gasteiger partial charge in [0.25, 0.3) is 0 Å². The van der Waals surface area contributed by atoms with Crippen LogP contribution in [0.15, 0.2) is 18.2 Å². The maximum Gasteiger partial charge on any atom is 0.126 e. The largest absolute Gasteiger partial charge is 0.314 e. The van der Waals surface area contributed by atoms with Crippen molar-refractivity contribution < 1.29 is 8.78 Å². The predicted octanol–water partition coefficient (Wildman–Crippen LogP) is 3.29. The van der Waals surface area contributed by atoms with E-state index >= 15 is 0 Å². The van der Waals surface area contributed by atoms with E-state index in [0.29, 0.717) is 12.0 Å². The van der Waals surface area contributed by atoms with E-state index in [2.05, 4.69) is 17.2 Å². The van der Waals surface area contributed by atoms with Gasteiger partial charge in [-0.2, -0.15) is 0 Å². The highest BCUT2D eigenvalue weighted by atomic mass is 19.1. The van der Waals surface area contributed by atoms with E-state index in [0.717, 1.165) is 25.5 Å². The first-order valence-electron chi connectivity index (χ1n) is 6.23. The summed E-state index contributed by atoms with van der Waals surface area (Å²) in [6.45, 7) is 4.66. The first kappa shape index (κ1) is 14.7. The SMILES string of the molecule is CC#CCCC(Cc1cc(F)cc(F)c1)NCC. The summed E-state index contributed by atoms with van der Waals surface area (Å²) in [4.78, 5) is 0. The number of rotatable bonds is 6. The molecule has 1 atom stereocenters. The van der Waals surface area contributed by atoms with Gasteiger partial charge in [0.1, 0.15) is 11.6 Å². The topological polar surface area (TPSA) is 12.0 Å². The number of hydrogen-bond donors (Lipinski definition) is 1. The lowest BCUT2D eigenvalue weighted by molar-refractivity contribution is 0.493. The third-order valence-corrected chi connectivity index (χ3v) is 2.69. The lowest BCUT2D eigenvalue weighted by Crippen LogP contribution is -2.30. The molecule has 0 saturated carbocycles. The van der Waals surface area contributed by atoms with Gasteiger partial charge in [0, 0.05) is 18.5 Å². The summed E-state index contributed by atoms with van der Waals surface area (Å²) < 4.78 is 26.2. The zero-order chi connectivity index (χ0) is 13.4. The first-order chi connectivity index (χ1) is 8.65. The molecule has 0 bridgehead atoms. The van der Waals surface area contributed by atoms with Gasteiger partial charge < -0.3 is 5.32 Å². The minimum absolute atomic E-state index is 0.206. The Morgan fingerprint density at radius 2 is 1.89 bits per heavy atom. The van der Waals surface area contributed by atoms with Gasteiger partial charge in [0.15, 0.2) is 0 Å². The Kier molecular flexibility index (Phi) is 6.38. The normalized spacial score (nSPS) is 11.8.